The van der Waals surface area contributed by atoms with Gasteiger partial charge < -0.3 is 4.74 Å². The van der Waals surface area contributed by atoms with Crippen LogP contribution >= 0.6 is 0 Å². The predicted molar refractivity (Wildman–Crippen MR) is 110 cm³/mol. The number of fused-ring (bicyclic) bond motifs is 2. The van der Waals surface area contributed by atoms with Gasteiger partial charge in [-0.3, -0.25) is 23.7 Å². The van der Waals surface area contributed by atoms with Crippen LogP contribution in [0, 0.1) is 13.8 Å². The molecule has 1 aliphatic carbocycles. The number of hydrogen-bond donors (Lipinski definition) is 0. The summed E-state index contributed by atoms with van der Waals surface area (Å²) in [7, 11) is 0. The highest BCUT2D eigenvalue weighted by molar-refractivity contribution is 6.28. The second-order valence-corrected chi connectivity index (χ2v) is 7.35. The average molecular weight is 401 g/mol. The maximum atomic E-state index is 13.3. The molecule has 0 atom stereocenters. The Bertz CT molecular complexity index is 1280. The Labute approximate surface area is 172 Å². The Morgan fingerprint density at radius 3 is 2.10 bits per heavy atom. The summed E-state index contributed by atoms with van der Waals surface area (Å²) in [4.78, 5) is 51.5. The van der Waals surface area contributed by atoms with Gasteiger partial charge in [-0.25, -0.2) is 0 Å². The van der Waals surface area contributed by atoms with Gasteiger partial charge in [0.15, 0.2) is 11.5 Å². The van der Waals surface area contributed by atoms with Gasteiger partial charge >= 0.3 is 5.97 Å². The molecule has 0 amide bonds. The highest BCUT2D eigenvalue weighted by atomic mass is 16.5. The summed E-state index contributed by atoms with van der Waals surface area (Å²) in [5.74, 6) is -1.67. The van der Waals surface area contributed by atoms with E-state index in [0.717, 1.165) is 11.1 Å². The van der Waals surface area contributed by atoms with E-state index in [-0.39, 0.29) is 46.0 Å². The molecule has 0 radical (unpaired) electrons. The molecule has 0 saturated carbocycles. The van der Waals surface area contributed by atoms with Crippen molar-refractivity contribution in [2.45, 2.75) is 27.3 Å². The molecule has 1 aromatic heterocycles. The topological polar surface area (TPSA) is 82.4 Å². The van der Waals surface area contributed by atoms with Crippen LogP contribution in [0.25, 0.3) is 0 Å². The third-order valence-electron chi connectivity index (χ3n) is 5.23. The molecule has 0 aliphatic heterocycles. The summed E-state index contributed by atoms with van der Waals surface area (Å²) in [6.07, 6.45) is 0. The minimum Gasteiger partial charge on any atom is -0.420 e. The lowest BCUT2D eigenvalue weighted by atomic mass is 9.84. The number of rotatable bonds is 3. The van der Waals surface area contributed by atoms with Crippen molar-refractivity contribution in [2.24, 2.45) is 0 Å². The van der Waals surface area contributed by atoms with E-state index < -0.39 is 17.3 Å². The Morgan fingerprint density at radius 1 is 0.900 bits per heavy atom. The number of esters is 1. The van der Waals surface area contributed by atoms with Gasteiger partial charge in [0, 0.05) is 23.6 Å². The van der Waals surface area contributed by atoms with Crippen molar-refractivity contribution in [1.29, 1.82) is 0 Å². The lowest BCUT2D eigenvalue weighted by Gasteiger charge is -2.24. The lowest BCUT2D eigenvalue weighted by Crippen LogP contribution is -2.35. The minimum atomic E-state index is -0.674. The van der Waals surface area contributed by atoms with E-state index in [1.807, 2.05) is 31.2 Å². The molecule has 0 unspecified atom stereocenters. The number of carbonyl (C=O) groups is 3. The second-order valence-electron chi connectivity index (χ2n) is 7.35. The molecular formula is C24H19NO5. The maximum absolute atomic E-state index is 13.3. The molecule has 0 fully saturated rings. The Balaban J connectivity index is 2.02. The number of carbonyl (C=O) groups excluding carboxylic acids is 3. The summed E-state index contributed by atoms with van der Waals surface area (Å²) in [5.41, 5.74) is 2.05. The van der Waals surface area contributed by atoms with Crippen LogP contribution in [0.1, 0.15) is 55.6 Å². The summed E-state index contributed by atoms with van der Waals surface area (Å²) < 4.78 is 6.41. The third-order valence-corrected chi connectivity index (χ3v) is 5.23. The number of nitrogens with zero attached hydrogens (tertiary/aromatic N) is 1. The van der Waals surface area contributed by atoms with Crippen LogP contribution in [-0.2, 0) is 11.3 Å². The first kappa shape index (κ1) is 19.5. The predicted octanol–water partition coefficient (Wildman–Crippen LogP) is 3.21. The van der Waals surface area contributed by atoms with Gasteiger partial charge in [0.2, 0.25) is 5.78 Å². The van der Waals surface area contributed by atoms with Gasteiger partial charge in [-0.1, -0.05) is 54.1 Å². The van der Waals surface area contributed by atoms with Gasteiger partial charge in [0.25, 0.3) is 5.56 Å². The summed E-state index contributed by atoms with van der Waals surface area (Å²) in [5, 5.41) is 0. The van der Waals surface area contributed by atoms with Crippen molar-refractivity contribution >= 4 is 17.5 Å². The van der Waals surface area contributed by atoms with Crippen LogP contribution in [0.3, 0.4) is 0 Å². The van der Waals surface area contributed by atoms with Crippen molar-refractivity contribution in [3.05, 3.63) is 98.0 Å². The van der Waals surface area contributed by atoms with E-state index in [9.17, 15) is 19.2 Å². The van der Waals surface area contributed by atoms with E-state index in [1.165, 1.54) is 18.4 Å². The van der Waals surface area contributed by atoms with E-state index in [1.54, 1.807) is 24.3 Å². The molecule has 0 spiro atoms. The zero-order valence-electron chi connectivity index (χ0n) is 16.8. The fourth-order valence-corrected chi connectivity index (χ4v) is 3.76. The molecule has 2 aromatic carbocycles. The summed E-state index contributed by atoms with van der Waals surface area (Å²) in [6.45, 7) is 4.72. The summed E-state index contributed by atoms with van der Waals surface area (Å²) >= 11 is 0. The molecule has 0 saturated heterocycles. The van der Waals surface area contributed by atoms with E-state index in [4.69, 9.17) is 4.74 Å². The number of benzene rings is 2. The normalized spacial score (nSPS) is 12.4. The average Bonchev–Trinajstić information content (AvgIpc) is 2.72. The number of hydrogen-bond acceptors (Lipinski definition) is 5. The number of aromatic nitrogens is 1. The molecule has 0 N–H and O–H groups in total. The molecule has 0 bridgehead atoms. The quantitative estimate of drug-likeness (QED) is 0.492. The second kappa shape index (κ2) is 7.22. The summed E-state index contributed by atoms with van der Waals surface area (Å²) in [6, 6.07) is 14.0. The van der Waals surface area contributed by atoms with Gasteiger partial charge in [-0.2, -0.15) is 0 Å². The van der Waals surface area contributed by atoms with E-state index in [2.05, 4.69) is 0 Å². The van der Waals surface area contributed by atoms with Crippen LogP contribution in [0.15, 0.2) is 53.3 Å². The molecule has 1 aliphatic rings. The first-order valence-electron chi connectivity index (χ1n) is 9.49. The lowest BCUT2D eigenvalue weighted by molar-refractivity contribution is -0.132. The van der Waals surface area contributed by atoms with Gasteiger partial charge in [0.1, 0.15) is 5.69 Å². The Hall–Kier alpha value is -3.80. The molecule has 6 nitrogen and oxygen atoms in total. The van der Waals surface area contributed by atoms with Crippen LogP contribution < -0.4 is 10.3 Å². The Morgan fingerprint density at radius 2 is 1.50 bits per heavy atom. The van der Waals surface area contributed by atoms with Gasteiger partial charge in [-0.05, 0) is 19.4 Å². The highest BCUT2D eigenvalue weighted by Gasteiger charge is 2.36. The zero-order valence-corrected chi connectivity index (χ0v) is 16.8. The first-order chi connectivity index (χ1) is 14.3. The largest absolute Gasteiger partial charge is 0.420 e. The van der Waals surface area contributed by atoms with Gasteiger partial charge in [-0.15, -0.1) is 0 Å². The van der Waals surface area contributed by atoms with Crippen LogP contribution in [0.5, 0.6) is 5.75 Å². The van der Waals surface area contributed by atoms with E-state index >= 15 is 0 Å². The minimum absolute atomic E-state index is 0.0256. The van der Waals surface area contributed by atoms with Gasteiger partial charge in [0.05, 0.1) is 12.1 Å². The van der Waals surface area contributed by atoms with E-state index in [0.29, 0.717) is 0 Å². The van der Waals surface area contributed by atoms with Crippen LogP contribution in [-0.4, -0.2) is 22.1 Å². The zero-order chi connectivity index (χ0) is 21.6. The number of pyridine rings is 1. The molecule has 4 rings (SSSR count). The van der Waals surface area contributed by atoms with Crippen LogP contribution in [0.4, 0.5) is 0 Å². The standard InChI is InChI=1S/C24H19NO5/c1-13-8-10-16(11-9-13)12-25-20-19(14(2)23(24(25)29)30-15(3)26)21(27)17-6-4-5-7-18(17)22(20)28/h4-11H,12H2,1-3H3. The number of ketones is 2. The molecule has 30 heavy (non-hydrogen) atoms. The SMILES string of the molecule is CC(=O)Oc1c(C)c2c(n(Cc3ccc(C)cc3)c1=O)C(=O)c1ccccc1C2=O. The number of aryl methyl sites for hydroxylation is 1. The molecular weight excluding hydrogens is 382 g/mol. The first-order valence-corrected chi connectivity index (χ1v) is 9.49. The molecule has 3 aromatic rings. The van der Waals surface area contributed by atoms with Crippen molar-refractivity contribution in [1.82, 2.24) is 4.57 Å². The molecule has 6 heteroatoms. The fourth-order valence-electron chi connectivity index (χ4n) is 3.76. The van der Waals surface area contributed by atoms with Crippen LogP contribution in [0.2, 0.25) is 0 Å². The van der Waals surface area contributed by atoms with Crippen molar-refractivity contribution in [2.75, 3.05) is 0 Å². The van der Waals surface area contributed by atoms with Crippen molar-refractivity contribution in [3.8, 4) is 5.75 Å². The third kappa shape index (κ3) is 3.06. The molecule has 150 valence electrons. The molecule has 1 heterocycles. The van der Waals surface area contributed by atoms with Crippen molar-refractivity contribution < 1.29 is 19.1 Å². The fraction of sp³-hybridized carbons (Fsp3) is 0.167. The monoisotopic (exact) mass is 401 g/mol. The van der Waals surface area contributed by atoms with Crippen molar-refractivity contribution in [3.63, 3.8) is 0 Å². The Kier molecular flexibility index (Phi) is 4.70. The smallest absolute Gasteiger partial charge is 0.308 e. The number of ether oxygens (including phenoxy) is 1. The highest BCUT2D eigenvalue weighted by Crippen LogP contribution is 2.32. The maximum Gasteiger partial charge on any atom is 0.308 e.